The summed E-state index contributed by atoms with van der Waals surface area (Å²) in [5, 5.41) is 2.69. The molecule has 0 heterocycles. The number of carbonyl (C=O) groups excluding carboxylic acids is 3. The molecule has 0 aliphatic rings. The van der Waals surface area contributed by atoms with Crippen LogP contribution in [-0.4, -0.2) is 24.3 Å². The molecule has 6 heteroatoms. The van der Waals surface area contributed by atoms with Crippen molar-refractivity contribution < 1.29 is 14.4 Å². The molecule has 0 atom stereocenters. The molecule has 102 valence electrons. The van der Waals surface area contributed by atoms with E-state index < -0.39 is 11.8 Å². The van der Waals surface area contributed by atoms with Crippen molar-refractivity contribution in [1.82, 2.24) is 5.32 Å². The fourth-order valence-electron chi connectivity index (χ4n) is 1.52. The van der Waals surface area contributed by atoms with Crippen molar-refractivity contribution in [1.29, 1.82) is 0 Å². The van der Waals surface area contributed by atoms with Crippen LogP contribution < -0.4 is 16.8 Å². The predicted octanol–water partition coefficient (Wildman–Crippen LogP) is 0.414. The number of benzene rings is 1. The summed E-state index contributed by atoms with van der Waals surface area (Å²) in [6.45, 7) is 2.53. The van der Waals surface area contributed by atoms with Crippen LogP contribution in [0.1, 0.15) is 50.8 Å². The molecule has 1 aromatic rings. The van der Waals surface area contributed by atoms with E-state index in [1.807, 2.05) is 6.92 Å². The molecule has 0 fully saturated rings. The van der Waals surface area contributed by atoms with E-state index in [2.05, 4.69) is 5.32 Å². The molecule has 0 aromatic heterocycles. The third-order valence-corrected chi connectivity index (χ3v) is 2.58. The maximum absolute atomic E-state index is 11.9. The van der Waals surface area contributed by atoms with Crippen molar-refractivity contribution in [3.63, 3.8) is 0 Å². The highest BCUT2D eigenvalue weighted by molar-refractivity contribution is 6.03. The zero-order valence-electron chi connectivity index (χ0n) is 10.7. The second-order valence-electron chi connectivity index (χ2n) is 4.14. The van der Waals surface area contributed by atoms with Crippen molar-refractivity contribution in [2.24, 2.45) is 11.5 Å². The number of rotatable bonds is 6. The minimum atomic E-state index is -0.717. The van der Waals surface area contributed by atoms with E-state index in [9.17, 15) is 14.4 Å². The van der Waals surface area contributed by atoms with E-state index in [0.717, 1.165) is 12.8 Å². The van der Waals surface area contributed by atoms with E-state index in [1.165, 1.54) is 18.2 Å². The van der Waals surface area contributed by atoms with Gasteiger partial charge in [0.05, 0.1) is 0 Å². The number of nitrogens with one attached hydrogen (secondary N) is 1. The molecule has 0 saturated heterocycles. The van der Waals surface area contributed by atoms with Gasteiger partial charge >= 0.3 is 0 Å². The van der Waals surface area contributed by atoms with E-state index in [4.69, 9.17) is 11.5 Å². The molecule has 1 aromatic carbocycles. The molecule has 0 unspecified atom stereocenters. The summed E-state index contributed by atoms with van der Waals surface area (Å²) >= 11 is 0. The van der Waals surface area contributed by atoms with Gasteiger partial charge in [0, 0.05) is 23.2 Å². The predicted molar refractivity (Wildman–Crippen MR) is 70.7 cm³/mol. The zero-order valence-corrected chi connectivity index (χ0v) is 10.7. The number of unbranched alkanes of at least 4 members (excludes halogenated alkanes) is 1. The summed E-state index contributed by atoms with van der Waals surface area (Å²) in [5.41, 5.74) is 10.7. The van der Waals surface area contributed by atoms with Crippen molar-refractivity contribution in [2.45, 2.75) is 19.8 Å². The van der Waals surface area contributed by atoms with Gasteiger partial charge in [0.2, 0.25) is 11.8 Å². The average molecular weight is 263 g/mol. The Morgan fingerprint density at radius 2 is 1.47 bits per heavy atom. The number of hydrogen-bond donors (Lipinski definition) is 3. The van der Waals surface area contributed by atoms with E-state index >= 15 is 0 Å². The van der Waals surface area contributed by atoms with Gasteiger partial charge in [-0.15, -0.1) is 0 Å². The Hall–Kier alpha value is -2.37. The summed E-state index contributed by atoms with van der Waals surface area (Å²) in [7, 11) is 0. The number of carbonyl (C=O) groups is 3. The monoisotopic (exact) mass is 263 g/mol. The molecule has 6 nitrogen and oxygen atoms in total. The number of amides is 3. The van der Waals surface area contributed by atoms with Crippen LogP contribution >= 0.6 is 0 Å². The summed E-state index contributed by atoms with van der Waals surface area (Å²) in [4.78, 5) is 34.2. The number of nitrogens with two attached hydrogens (primary N) is 2. The standard InChI is InChI=1S/C13H17N3O3/c1-2-3-4-16-13(19)10-6-8(11(14)17)5-9(7-10)12(15)18/h5-7H,2-4H2,1H3,(H2,14,17)(H2,15,18)(H,16,19). The first kappa shape index (κ1) is 14.7. The van der Waals surface area contributed by atoms with Crippen LogP contribution in [0.3, 0.4) is 0 Å². The van der Waals surface area contributed by atoms with Gasteiger partial charge in [-0.25, -0.2) is 0 Å². The lowest BCUT2D eigenvalue weighted by Gasteiger charge is -2.07. The lowest BCUT2D eigenvalue weighted by Crippen LogP contribution is -2.26. The number of primary amides is 2. The first-order chi connectivity index (χ1) is 8.95. The summed E-state index contributed by atoms with van der Waals surface area (Å²) in [5.74, 6) is -1.80. The normalized spacial score (nSPS) is 9.95. The molecule has 5 N–H and O–H groups in total. The van der Waals surface area contributed by atoms with Gasteiger partial charge in [-0.1, -0.05) is 13.3 Å². The lowest BCUT2D eigenvalue weighted by molar-refractivity contribution is 0.0953. The summed E-state index contributed by atoms with van der Waals surface area (Å²) in [6.07, 6.45) is 1.80. The molecule has 0 radical (unpaired) electrons. The van der Waals surface area contributed by atoms with Gasteiger partial charge in [-0.2, -0.15) is 0 Å². The largest absolute Gasteiger partial charge is 0.366 e. The van der Waals surface area contributed by atoms with E-state index in [-0.39, 0.29) is 22.6 Å². The van der Waals surface area contributed by atoms with Crippen molar-refractivity contribution in [3.05, 3.63) is 34.9 Å². The molecule has 0 bridgehead atoms. The van der Waals surface area contributed by atoms with E-state index in [1.54, 1.807) is 0 Å². The third kappa shape index (κ3) is 4.09. The van der Waals surface area contributed by atoms with Crippen LogP contribution in [0.25, 0.3) is 0 Å². The first-order valence-electron chi connectivity index (χ1n) is 5.98. The molecule has 0 aliphatic heterocycles. The SMILES string of the molecule is CCCCNC(=O)c1cc(C(N)=O)cc(C(N)=O)c1. The summed E-state index contributed by atoms with van der Waals surface area (Å²) < 4.78 is 0. The van der Waals surface area contributed by atoms with Crippen molar-refractivity contribution >= 4 is 17.7 Å². The Morgan fingerprint density at radius 3 is 1.89 bits per heavy atom. The van der Waals surface area contributed by atoms with Gasteiger partial charge in [-0.3, -0.25) is 14.4 Å². The molecule has 0 aliphatic carbocycles. The van der Waals surface area contributed by atoms with Crippen LogP contribution in [0, 0.1) is 0 Å². The summed E-state index contributed by atoms with van der Waals surface area (Å²) in [6, 6.07) is 3.96. The van der Waals surface area contributed by atoms with Gasteiger partial charge in [0.15, 0.2) is 0 Å². The van der Waals surface area contributed by atoms with Crippen molar-refractivity contribution in [3.8, 4) is 0 Å². The Kier molecular flexibility index (Phi) is 5.05. The lowest BCUT2D eigenvalue weighted by atomic mass is 10.0. The molecule has 19 heavy (non-hydrogen) atoms. The van der Waals surface area contributed by atoms with Gasteiger partial charge in [0.1, 0.15) is 0 Å². The van der Waals surface area contributed by atoms with Gasteiger partial charge < -0.3 is 16.8 Å². The fourth-order valence-corrected chi connectivity index (χ4v) is 1.52. The molecule has 1 rings (SSSR count). The van der Waals surface area contributed by atoms with Gasteiger partial charge in [0.25, 0.3) is 5.91 Å². The van der Waals surface area contributed by atoms with Crippen molar-refractivity contribution in [2.75, 3.05) is 6.54 Å². The quantitative estimate of drug-likeness (QED) is 0.645. The zero-order chi connectivity index (χ0) is 14.4. The average Bonchev–Trinajstić information content (AvgIpc) is 2.38. The van der Waals surface area contributed by atoms with E-state index in [0.29, 0.717) is 6.54 Å². The Bertz CT molecular complexity index is 480. The number of hydrogen-bond acceptors (Lipinski definition) is 3. The highest BCUT2D eigenvalue weighted by Gasteiger charge is 2.13. The Labute approximate surface area is 111 Å². The van der Waals surface area contributed by atoms with Crippen LogP contribution in [0.15, 0.2) is 18.2 Å². The fraction of sp³-hybridized carbons (Fsp3) is 0.308. The van der Waals surface area contributed by atoms with Gasteiger partial charge in [-0.05, 0) is 24.6 Å². The Balaban J connectivity index is 3.02. The molecule has 0 saturated carbocycles. The third-order valence-electron chi connectivity index (χ3n) is 2.58. The maximum atomic E-state index is 11.9. The molecule has 3 amide bonds. The first-order valence-corrected chi connectivity index (χ1v) is 5.98. The maximum Gasteiger partial charge on any atom is 0.251 e. The topological polar surface area (TPSA) is 115 Å². The molecular formula is C13H17N3O3. The highest BCUT2D eigenvalue weighted by atomic mass is 16.2. The second kappa shape index (κ2) is 6.53. The van der Waals surface area contributed by atoms with Crippen LogP contribution in [0.5, 0.6) is 0 Å². The minimum Gasteiger partial charge on any atom is -0.366 e. The second-order valence-corrected chi connectivity index (χ2v) is 4.14. The Morgan fingerprint density at radius 1 is 1.00 bits per heavy atom. The molecule has 0 spiro atoms. The highest BCUT2D eigenvalue weighted by Crippen LogP contribution is 2.10. The van der Waals surface area contributed by atoms with Crippen LogP contribution in [0.4, 0.5) is 0 Å². The smallest absolute Gasteiger partial charge is 0.251 e. The van der Waals surface area contributed by atoms with Crippen LogP contribution in [0.2, 0.25) is 0 Å². The molecular weight excluding hydrogens is 246 g/mol. The van der Waals surface area contributed by atoms with Crippen LogP contribution in [-0.2, 0) is 0 Å². The minimum absolute atomic E-state index is 0.0805.